The van der Waals surface area contributed by atoms with Crippen LogP contribution in [0.3, 0.4) is 0 Å². The first-order valence-electron chi connectivity index (χ1n) is 5.05. The SMILES string of the molecule is Cc1ccc(=O)n(Cc2c(F)cccc2Br)n1. The van der Waals surface area contributed by atoms with Crippen LogP contribution in [0.1, 0.15) is 11.3 Å². The van der Waals surface area contributed by atoms with Crippen LogP contribution in [0.5, 0.6) is 0 Å². The van der Waals surface area contributed by atoms with Crippen LogP contribution in [0.4, 0.5) is 4.39 Å². The quantitative estimate of drug-likeness (QED) is 0.853. The Bertz CT molecular complexity index is 589. The lowest BCUT2D eigenvalue weighted by atomic mass is 10.2. The summed E-state index contributed by atoms with van der Waals surface area (Å²) < 4.78 is 15.5. The van der Waals surface area contributed by atoms with Gasteiger partial charge in [-0.25, -0.2) is 9.07 Å². The van der Waals surface area contributed by atoms with E-state index in [-0.39, 0.29) is 17.9 Å². The Labute approximate surface area is 106 Å². The van der Waals surface area contributed by atoms with Crippen molar-refractivity contribution in [3.05, 3.63) is 62.2 Å². The Morgan fingerprint density at radius 3 is 2.82 bits per heavy atom. The second kappa shape index (κ2) is 4.79. The third kappa shape index (κ3) is 2.61. The molecule has 0 aliphatic heterocycles. The van der Waals surface area contributed by atoms with Gasteiger partial charge in [0, 0.05) is 16.1 Å². The first-order valence-corrected chi connectivity index (χ1v) is 5.85. The van der Waals surface area contributed by atoms with Crippen molar-refractivity contribution < 1.29 is 4.39 Å². The van der Waals surface area contributed by atoms with E-state index in [9.17, 15) is 9.18 Å². The van der Waals surface area contributed by atoms with Crippen molar-refractivity contribution in [2.75, 3.05) is 0 Å². The van der Waals surface area contributed by atoms with Crippen LogP contribution in [-0.4, -0.2) is 9.78 Å². The van der Waals surface area contributed by atoms with Crippen molar-refractivity contribution in [1.29, 1.82) is 0 Å². The molecule has 0 saturated heterocycles. The Kier molecular flexibility index (Phi) is 3.38. The van der Waals surface area contributed by atoms with Gasteiger partial charge in [0.1, 0.15) is 5.82 Å². The van der Waals surface area contributed by atoms with E-state index >= 15 is 0 Å². The van der Waals surface area contributed by atoms with Gasteiger partial charge in [-0.15, -0.1) is 0 Å². The van der Waals surface area contributed by atoms with Crippen molar-refractivity contribution in [3.8, 4) is 0 Å². The van der Waals surface area contributed by atoms with Crippen LogP contribution in [0.2, 0.25) is 0 Å². The fourth-order valence-corrected chi connectivity index (χ4v) is 1.96. The monoisotopic (exact) mass is 296 g/mol. The van der Waals surface area contributed by atoms with Crippen LogP contribution in [0, 0.1) is 12.7 Å². The summed E-state index contributed by atoms with van der Waals surface area (Å²) in [5.74, 6) is -0.352. The molecular weight excluding hydrogens is 287 g/mol. The Morgan fingerprint density at radius 2 is 2.12 bits per heavy atom. The summed E-state index contributed by atoms with van der Waals surface area (Å²) in [6.07, 6.45) is 0. The summed E-state index contributed by atoms with van der Waals surface area (Å²) in [6.45, 7) is 1.90. The predicted octanol–water partition coefficient (Wildman–Crippen LogP) is 2.50. The van der Waals surface area contributed by atoms with E-state index in [1.54, 1.807) is 25.1 Å². The number of rotatable bonds is 2. The smallest absolute Gasteiger partial charge is 0.267 e. The number of benzene rings is 1. The summed E-state index contributed by atoms with van der Waals surface area (Å²) in [5, 5.41) is 4.07. The van der Waals surface area contributed by atoms with Crippen molar-refractivity contribution >= 4 is 15.9 Å². The van der Waals surface area contributed by atoms with Gasteiger partial charge in [-0.05, 0) is 25.1 Å². The van der Waals surface area contributed by atoms with Crippen LogP contribution < -0.4 is 5.56 Å². The molecule has 0 N–H and O–H groups in total. The first kappa shape index (κ1) is 12.0. The van der Waals surface area contributed by atoms with Gasteiger partial charge in [-0.1, -0.05) is 22.0 Å². The summed E-state index contributed by atoms with van der Waals surface area (Å²) in [5.41, 5.74) is 0.899. The van der Waals surface area contributed by atoms with Crippen molar-refractivity contribution in [1.82, 2.24) is 9.78 Å². The molecule has 17 heavy (non-hydrogen) atoms. The first-order chi connectivity index (χ1) is 8.08. The van der Waals surface area contributed by atoms with Crippen LogP contribution in [0.25, 0.3) is 0 Å². The van der Waals surface area contributed by atoms with E-state index in [1.165, 1.54) is 16.8 Å². The molecule has 0 amide bonds. The summed E-state index contributed by atoms with van der Waals surface area (Å²) in [7, 11) is 0. The number of halogens is 2. The van der Waals surface area contributed by atoms with Crippen LogP contribution in [0.15, 0.2) is 39.6 Å². The normalized spacial score (nSPS) is 10.5. The fraction of sp³-hybridized carbons (Fsp3) is 0.167. The zero-order valence-electron chi connectivity index (χ0n) is 9.15. The maximum atomic E-state index is 13.6. The highest BCUT2D eigenvalue weighted by atomic mass is 79.9. The maximum Gasteiger partial charge on any atom is 0.267 e. The van der Waals surface area contributed by atoms with Crippen LogP contribution in [-0.2, 0) is 6.54 Å². The molecule has 0 spiro atoms. The van der Waals surface area contributed by atoms with Crippen molar-refractivity contribution in [2.24, 2.45) is 0 Å². The molecule has 5 heteroatoms. The minimum atomic E-state index is -0.352. The van der Waals surface area contributed by atoms with Gasteiger partial charge in [-0.2, -0.15) is 5.10 Å². The molecule has 0 fully saturated rings. The molecule has 0 atom stereocenters. The second-order valence-corrected chi connectivity index (χ2v) is 4.53. The lowest BCUT2D eigenvalue weighted by Crippen LogP contribution is -2.23. The minimum Gasteiger partial charge on any atom is -0.268 e. The summed E-state index contributed by atoms with van der Waals surface area (Å²) in [6, 6.07) is 7.77. The molecule has 1 heterocycles. The summed E-state index contributed by atoms with van der Waals surface area (Å²) in [4.78, 5) is 11.6. The van der Waals surface area contributed by atoms with Gasteiger partial charge < -0.3 is 0 Å². The second-order valence-electron chi connectivity index (χ2n) is 3.67. The molecule has 0 unspecified atom stereocenters. The fourth-order valence-electron chi connectivity index (χ4n) is 1.50. The van der Waals surface area contributed by atoms with Gasteiger partial charge in [0.2, 0.25) is 0 Å². The third-order valence-electron chi connectivity index (χ3n) is 2.37. The average molecular weight is 297 g/mol. The lowest BCUT2D eigenvalue weighted by molar-refractivity contribution is 0.566. The predicted molar refractivity (Wildman–Crippen MR) is 66.4 cm³/mol. The molecule has 3 nitrogen and oxygen atoms in total. The van der Waals surface area contributed by atoms with Gasteiger partial charge in [-0.3, -0.25) is 4.79 Å². The van der Waals surface area contributed by atoms with Gasteiger partial charge in [0.15, 0.2) is 0 Å². The van der Waals surface area contributed by atoms with E-state index in [1.807, 2.05) is 0 Å². The van der Waals surface area contributed by atoms with E-state index in [4.69, 9.17) is 0 Å². The average Bonchev–Trinajstić information content (AvgIpc) is 2.28. The molecule has 2 rings (SSSR count). The van der Waals surface area contributed by atoms with E-state index in [2.05, 4.69) is 21.0 Å². The Morgan fingerprint density at radius 1 is 1.35 bits per heavy atom. The highest BCUT2D eigenvalue weighted by Gasteiger charge is 2.08. The molecular formula is C12H10BrFN2O. The van der Waals surface area contributed by atoms with Gasteiger partial charge >= 0.3 is 0 Å². The van der Waals surface area contributed by atoms with Crippen molar-refractivity contribution in [2.45, 2.75) is 13.5 Å². The number of nitrogens with zero attached hydrogens (tertiary/aromatic N) is 2. The molecule has 2 aromatic rings. The van der Waals surface area contributed by atoms with Crippen LogP contribution >= 0.6 is 15.9 Å². The zero-order valence-corrected chi connectivity index (χ0v) is 10.7. The number of hydrogen-bond donors (Lipinski definition) is 0. The summed E-state index contributed by atoms with van der Waals surface area (Å²) >= 11 is 3.26. The molecule has 1 aromatic carbocycles. The zero-order chi connectivity index (χ0) is 12.4. The van der Waals surface area contributed by atoms with Gasteiger partial charge in [0.25, 0.3) is 5.56 Å². The Hall–Kier alpha value is -1.49. The van der Waals surface area contributed by atoms with E-state index in [0.29, 0.717) is 10.0 Å². The lowest BCUT2D eigenvalue weighted by Gasteiger charge is -2.08. The van der Waals surface area contributed by atoms with E-state index < -0.39 is 0 Å². The third-order valence-corrected chi connectivity index (χ3v) is 3.11. The minimum absolute atomic E-state index is 0.119. The highest BCUT2D eigenvalue weighted by molar-refractivity contribution is 9.10. The standard InChI is InChI=1S/C12H10BrFN2O/c1-8-5-6-12(17)16(15-8)7-9-10(13)3-2-4-11(9)14/h2-6H,7H2,1H3. The molecule has 88 valence electrons. The number of aryl methyl sites for hydroxylation is 1. The topological polar surface area (TPSA) is 34.9 Å². The maximum absolute atomic E-state index is 13.6. The van der Waals surface area contributed by atoms with E-state index in [0.717, 1.165) is 5.69 Å². The van der Waals surface area contributed by atoms with Gasteiger partial charge in [0.05, 0.1) is 12.2 Å². The molecule has 1 aromatic heterocycles. The molecule has 0 radical (unpaired) electrons. The molecule has 0 bridgehead atoms. The molecule has 0 aliphatic rings. The highest BCUT2D eigenvalue weighted by Crippen LogP contribution is 2.19. The van der Waals surface area contributed by atoms with Crippen molar-refractivity contribution in [3.63, 3.8) is 0 Å². The molecule has 0 aliphatic carbocycles. The number of aromatic nitrogens is 2. The largest absolute Gasteiger partial charge is 0.268 e. The Balaban J connectivity index is 2.45. The number of hydrogen-bond acceptors (Lipinski definition) is 2. The molecule has 0 saturated carbocycles.